The Kier molecular flexibility index (Phi) is 3.24. The lowest BCUT2D eigenvalue weighted by molar-refractivity contribution is 0.270. The predicted molar refractivity (Wildman–Crippen MR) is 63.5 cm³/mol. The van der Waals surface area contributed by atoms with Gasteiger partial charge in [0.1, 0.15) is 5.82 Å². The maximum absolute atomic E-state index is 8.87. The topological polar surface area (TPSA) is 86.2 Å². The van der Waals surface area contributed by atoms with Crippen LogP contribution in [0.1, 0.15) is 0 Å². The fourth-order valence-electron chi connectivity index (χ4n) is 1.59. The van der Waals surface area contributed by atoms with E-state index in [2.05, 4.69) is 10.1 Å². The summed E-state index contributed by atoms with van der Waals surface area (Å²) < 4.78 is 6.70. The van der Waals surface area contributed by atoms with E-state index in [9.17, 15) is 0 Å². The Morgan fingerprint density at radius 2 is 2.35 bits per heavy atom. The van der Waals surface area contributed by atoms with E-state index in [1.807, 2.05) is 6.07 Å². The Hall–Kier alpha value is -2.08. The monoisotopic (exact) mass is 234 g/mol. The van der Waals surface area contributed by atoms with Crippen molar-refractivity contribution in [3.63, 3.8) is 0 Å². The summed E-state index contributed by atoms with van der Waals surface area (Å²) in [6.45, 7) is 0.365. The van der Waals surface area contributed by atoms with E-state index in [4.69, 9.17) is 15.6 Å². The molecular formula is C11H14N4O2. The van der Waals surface area contributed by atoms with Gasteiger partial charge in [0.25, 0.3) is 0 Å². The highest BCUT2D eigenvalue weighted by Crippen LogP contribution is 2.27. The minimum absolute atomic E-state index is 0.00447. The molecule has 6 nitrogen and oxygen atoms in total. The van der Waals surface area contributed by atoms with Gasteiger partial charge in [-0.05, 0) is 12.1 Å². The number of methoxy groups -OCH3 is 1. The van der Waals surface area contributed by atoms with E-state index in [-0.39, 0.29) is 6.61 Å². The van der Waals surface area contributed by atoms with Crippen molar-refractivity contribution in [3.05, 3.63) is 24.4 Å². The number of aliphatic hydroxyl groups excluding tert-OH is 1. The lowest BCUT2D eigenvalue weighted by Crippen LogP contribution is -2.07. The van der Waals surface area contributed by atoms with Crippen LogP contribution in [0.15, 0.2) is 24.4 Å². The predicted octanol–water partition coefficient (Wildman–Crippen LogP) is 0.528. The zero-order valence-corrected chi connectivity index (χ0v) is 9.50. The number of rotatable bonds is 4. The molecule has 0 aromatic carbocycles. The van der Waals surface area contributed by atoms with Gasteiger partial charge in [-0.3, -0.25) is 0 Å². The number of hydrogen-bond acceptors (Lipinski definition) is 5. The van der Waals surface area contributed by atoms with Gasteiger partial charge in [0, 0.05) is 12.3 Å². The largest absolute Gasteiger partial charge is 0.481 e. The zero-order chi connectivity index (χ0) is 12.3. The van der Waals surface area contributed by atoms with Crippen LogP contribution >= 0.6 is 0 Å². The molecule has 0 saturated heterocycles. The van der Waals surface area contributed by atoms with Crippen LogP contribution in [0.3, 0.4) is 0 Å². The van der Waals surface area contributed by atoms with Crippen LogP contribution < -0.4 is 10.5 Å². The molecule has 0 saturated carbocycles. The second kappa shape index (κ2) is 4.84. The number of pyridine rings is 1. The van der Waals surface area contributed by atoms with Crippen LogP contribution in [0.2, 0.25) is 0 Å². The third-order valence-corrected chi connectivity index (χ3v) is 2.36. The zero-order valence-electron chi connectivity index (χ0n) is 9.50. The van der Waals surface area contributed by atoms with Crippen LogP contribution in [0, 0.1) is 0 Å². The Morgan fingerprint density at radius 1 is 1.53 bits per heavy atom. The van der Waals surface area contributed by atoms with Crippen LogP contribution in [-0.2, 0) is 6.54 Å². The van der Waals surface area contributed by atoms with Gasteiger partial charge >= 0.3 is 0 Å². The summed E-state index contributed by atoms with van der Waals surface area (Å²) in [6, 6.07) is 5.39. The van der Waals surface area contributed by atoms with E-state index >= 15 is 0 Å². The van der Waals surface area contributed by atoms with E-state index in [1.54, 1.807) is 30.1 Å². The molecule has 0 aliphatic rings. The molecule has 0 unspecified atom stereocenters. The maximum atomic E-state index is 8.87. The maximum Gasteiger partial charge on any atom is 0.222 e. The molecule has 0 aliphatic carbocycles. The SMILES string of the molecule is COc1ncccc1-c1cc(N)n(CCO)n1. The quantitative estimate of drug-likeness (QED) is 0.805. The highest BCUT2D eigenvalue weighted by Gasteiger charge is 2.11. The standard InChI is InChI=1S/C11H14N4O2/c1-17-11-8(3-2-4-13-11)9-7-10(12)15(14-9)5-6-16/h2-4,7,16H,5-6,12H2,1H3. The molecule has 2 aromatic heterocycles. The van der Waals surface area contributed by atoms with Gasteiger partial charge in [0.05, 0.1) is 31.5 Å². The van der Waals surface area contributed by atoms with E-state index in [0.29, 0.717) is 23.9 Å². The Balaban J connectivity index is 2.42. The molecule has 0 spiro atoms. The lowest BCUT2D eigenvalue weighted by Gasteiger charge is -2.03. The smallest absolute Gasteiger partial charge is 0.222 e. The first-order chi connectivity index (χ1) is 8.26. The molecule has 2 heterocycles. The van der Waals surface area contributed by atoms with Crippen molar-refractivity contribution in [1.82, 2.24) is 14.8 Å². The number of nitrogens with zero attached hydrogens (tertiary/aromatic N) is 3. The molecule has 0 atom stereocenters. The number of ether oxygens (including phenoxy) is 1. The number of anilines is 1. The molecular weight excluding hydrogens is 220 g/mol. The van der Waals surface area contributed by atoms with Crippen molar-refractivity contribution in [3.8, 4) is 17.1 Å². The normalized spacial score (nSPS) is 10.5. The second-order valence-electron chi connectivity index (χ2n) is 3.46. The van der Waals surface area contributed by atoms with E-state index in [0.717, 1.165) is 5.56 Å². The second-order valence-corrected chi connectivity index (χ2v) is 3.46. The third kappa shape index (κ3) is 2.21. The van der Waals surface area contributed by atoms with Crippen molar-refractivity contribution in [2.75, 3.05) is 19.5 Å². The number of nitrogen functional groups attached to an aromatic ring is 1. The van der Waals surface area contributed by atoms with Crippen molar-refractivity contribution in [2.24, 2.45) is 0 Å². The van der Waals surface area contributed by atoms with Gasteiger partial charge in [-0.2, -0.15) is 5.10 Å². The van der Waals surface area contributed by atoms with Gasteiger partial charge < -0.3 is 15.6 Å². The first-order valence-corrected chi connectivity index (χ1v) is 5.20. The number of aromatic nitrogens is 3. The van der Waals surface area contributed by atoms with Gasteiger partial charge in [0.15, 0.2) is 0 Å². The van der Waals surface area contributed by atoms with Crippen LogP contribution in [0.4, 0.5) is 5.82 Å². The molecule has 2 aromatic rings. The third-order valence-electron chi connectivity index (χ3n) is 2.36. The van der Waals surface area contributed by atoms with Gasteiger partial charge in [-0.25, -0.2) is 9.67 Å². The molecule has 0 aliphatic heterocycles. The molecule has 2 rings (SSSR count). The highest BCUT2D eigenvalue weighted by atomic mass is 16.5. The number of nitrogens with two attached hydrogens (primary N) is 1. The highest BCUT2D eigenvalue weighted by molar-refractivity contribution is 5.67. The number of aliphatic hydroxyl groups is 1. The van der Waals surface area contributed by atoms with E-state index < -0.39 is 0 Å². The summed E-state index contributed by atoms with van der Waals surface area (Å²) in [5.41, 5.74) is 7.24. The fraction of sp³-hybridized carbons (Fsp3) is 0.273. The summed E-state index contributed by atoms with van der Waals surface area (Å²) in [6.07, 6.45) is 1.65. The molecule has 90 valence electrons. The Morgan fingerprint density at radius 3 is 3.06 bits per heavy atom. The molecule has 0 radical (unpaired) electrons. The molecule has 17 heavy (non-hydrogen) atoms. The van der Waals surface area contributed by atoms with Crippen molar-refractivity contribution >= 4 is 5.82 Å². The molecule has 0 bridgehead atoms. The summed E-state index contributed by atoms with van der Waals surface area (Å²) in [5, 5.41) is 13.2. The minimum atomic E-state index is -0.00447. The summed E-state index contributed by atoms with van der Waals surface area (Å²) in [7, 11) is 1.56. The van der Waals surface area contributed by atoms with Gasteiger partial charge in [-0.1, -0.05) is 0 Å². The first-order valence-electron chi connectivity index (χ1n) is 5.20. The summed E-state index contributed by atoms with van der Waals surface area (Å²) in [4.78, 5) is 4.10. The lowest BCUT2D eigenvalue weighted by atomic mass is 10.2. The Bertz CT molecular complexity index is 510. The Labute approximate surface area is 98.7 Å². The molecule has 6 heteroatoms. The van der Waals surface area contributed by atoms with Crippen LogP contribution in [0.25, 0.3) is 11.3 Å². The molecule has 3 N–H and O–H groups in total. The minimum Gasteiger partial charge on any atom is -0.481 e. The molecule has 0 fully saturated rings. The average Bonchev–Trinajstić information content (AvgIpc) is 2.71. The van der Waals surface area contributed by atoms with Gasteiger partial charge in [-0.15, -0.1) is 0 Å². The van der Waals surface area contributed by atoms with Crippen LogP contribution in [0.5, 0.6) is 5.88 Å². The fourth-order valence-corrected chi connectivity index (χ4v) is 1.59. The van der Waals surface area contributed by atoms with Crippen molar-refractivity contribution < 1.29 is 9.84 Å². The summed E-state index contributed by atoms with van der Waals surface area (Å²) in [5.74, 6) is 1.00. The van der Waals surface area contributed by atoms with Gasteiger partial charge in [0.2, 0.25) is 5.88 Å². The summed E-state index contributed by atoms with van der Waals surface area (Å²) >= 11 is 0. The number of hydrogen-bond donors (Lipinski definition) is 2. The molecule has 0 amide bonds. The van der Waals surface area contributed by atoms with Crippen LogP contribution in [-0.4, -0.2) is 33.6 Å². The van der Waals surface area contributed by atoms with Crippen molar-refractivity contribution in [2.45, 2.75) is 6.54 Å². The average molecular weight is 234 g/mol. The first kappa shape index (κ1) is 11.4. The van der Waals surface area contributed by atoms with Crippen molar-refractivity contribution in [1.29, 1.82) is 0 Å². The van der Waals surface area contributed by atoms with E-state index in [1.165, 1.54) is 0 Å².